The highest BCUT2D eigenvalue weighted by atomic mass is 16.3. The molecule has 0 unspecified atom stereocenters. The molecule has 0 bridgehead atoms. The fraction of sp³-hybridized carbons (Fsp3) is 0.250. The van der Waals surface area contributed by atoms with Crippen LogP contribution in [0.15, 0.2) is 114 Å². The van der Waals surface area contributed by atoms with Gasteiger partial charge in [-0.05, 0) is 85.8 Å². The molecule has 8 aromatic rings. The van der Waals surface area contributed by atoms with E-state index in [2.05, 4.69) is 181 Å². The first-order valence-electron chi connectivity index (χ1n) is 18.8. The monoisotopic (exact) mass is 676 g/mol. The first-order valence-corrected chi connectivity index (χ1v) is 18.8. The standard InChI is InChI=1S/C48H45BN2O/c1-46(2,3)28-24-29(47(4,5)6)26-30(25-28)50-39-22-15-20-37(48(7,8)9)42(39)49-41-35(27-36-32-17-11-13-23-40(32)52-45(36)44(41)50)34-19-14-18-33-31-16-10-12-21-38(31)51(49)43(33)34/h10-27H,1-9H3. The van der Waals surface area contributed by atoms with Crippen molar-refractivity contribution in [1.82, 2.24) is 4.48 Å². The van der Waals surface area contributed by atoms with E-state index in [0.717, 1.165) is 27.6 Å². The Balaban J connectivity index is 1.46. The van der Waals surface area contributed by atoms with Gasteiger partial charge in [0.05, 0.1) is 5.69 Å². The summed E-state index contributed by atoms with van der Waals surface area (Å²) < 4.78 is 9.73. The van der Waals surface area contributed by atoms with Gasteiger partial charge in [-0.3, -0.25) is 0 Å². The lowest BCUT2D eigenvalue weighted by Gasteiger charge is -2.43. The topological polar surface area (TPSA) is 21.3 Å². The van der Waals surface area contributed by atoms with E-state index in [9.17, 15) is 0 Å². The lowest BCUT2D eigenvalue weighted by molar-refractivity contribution is 0.569. The molecule has 0 atom stereocenters. The summed E-state index contributed by atoms with van der Waals surface area (Å²) in [6.07, 6.45) is 0. The molecular weight excluding hydrogens is 631 g/mol. The normalized spacial score (nSPS) is 14.2. The molecule has 4 heteroatoms. The number of para-hydroxylation sites is 3. The summed E-state index contributed by atoms with van der Waals surface area (Å²) in [5, 5.41) is 4.92. The van der Waals surface area contributed by atoms with E-state index in [1.54, 1.807) is 0 Å². The highest BCUT2D eigenvalue weighted by Gasteiger charge is 2.46. The van der Waals surface area contributed by atoms with Gasteiger partial charge in [-0.2, -0.15) is 0 Å². The Hall–Kier alpha value is -5.22. The van der Waals surface area contributed by atoms with E-state index in [1.165, 1.54) is 71.9 Å². The van der Waals surface area contributed by atoms with Gasteiger partial charge in [0, 0.05) is 49.5 Å². The van der Waals surface area contributed by atoms with Crippen LogP contribution in [0.2, 0.25) is 0 Å². The number of nitrogens with zero attached hydrogens (tertiary/aromatic N) is 2. The summed E-state index contributed by atoms with van der Waals surface area (Å²) in [6, 6.07) is 41.2. The lowest BCUT2D eigenvalue weighted by Crippen LogP contribution is -2.58. The average molecular weight is 677 g/mol. The zero-order chi connectivity index (χ0) is 36.1. The summed E-state index contributed by atoms with van der Waals surface area (Å²) in [7, 11) is 0. The predicted octanol–water partition coefficient (Wildman–Crippen LogP) is 12.0. The maximum absolute atomic E-state index is 7.06. The van der Waals surface area contributed by atoms with Crippen molar-refractivity contribution in [2.45, 2.75) is 78.6 Å². The first-order chi connectivity index (χ1) is 24.7. The van der Waals surface area contributed by atoms with Crippen LogP contribution in [0, 0.1) is 0 Å². The second kappa shape index (κ2) is 10.2. The van der Waals surface area contributed by atoms with Crippen LogP contribution in [-0.2, 0) is 16.2 Å². The van der Waals surface area contributed by atoms with Crippen molar-refractivity contribution in [2.75, 3.05) is 4.90 Å². The third kappa shape index (κ3) is 4.21. The minimum Gasteiger partial charge on any atom is -0.454 e. The average Bonchev–Trinajstić information content (AvgIpc) is 3.65. The minimum absolute atomic E-state index is 0.0379. The van der Waals surface area contributed by atoms with Gasteiger partial charge in [0.15, 0.2) is 5.58 Å². The quantitative estimate of drug-likeness (QED) is 0.161. The molecule has 2 aliphatic heterocycles. The summed E-state index contributed by atoms with van der Waals surface area (Å²) in [6.45, 7) is 21.0. The van der Waals surface area contributed by atoms with Crippen LogP contribution in [0.1, 0.15) is 79.0 Å². The molecule has 0 aliphatic carbocycles. The SMILES string of the molecule is CC(C)(C)c1cc(N2c3cccc(C(C)(C)C)c3B3c4c(cc5c(oc6ccccc65)c42)-c2cccc4c5ccccc5n3c24)cc(C(C)(C)C)c1. The van der Waals surface area contributed by atoms with Gasteiger partial charge in [0.25, 0.3) is 0 Å². The van der Waals surface area contributed by atoms with Crippen LogP contribution in [0.5, 0.6) is 0 Å². The van der Waals surface area contributed by atoms with Crippen molar-refractivity contribution in [3.63, 3.8) is 0 Å². The van der Waals surface area contributed by atoms with Gasteiger partial charge >= 0.3 is 6.85 Å². The number of furan rings is 1. The van der Waals surface area contributed by atoms with Crippen molar-refractivity contribution < 1.29 is 4.42 Å². The second-order valence-corrected chi connectivity index (χ2v) is 18.2. The molecule has 2 aliphatic rings. The number of benzene rings is 6. The first kappa shape index (κ1) is 31.5. The van der Waals surface area contributed by atoms with Crippen molar-refractivity contribution in [1.29, 1.82) is 0 Å². The van der Waals surface area contributed by atoms with Crippen LogP contribution in [-0.4, -0.2) is 11.3 Å². The third-order valence-electron chi connectivity index (χ3n) is 11.8. The number of anilines is 3. The Kier molecular flexibility index (Phi) is 6.19. The van der Waals surface area contributed by atoms with Crippen molar-refractivity contribution >= 4 is 78.6 Å². The molecule has 0 radical (unpaired) electrons. The number of fused-ring (bicyclic) bond motifs is 11. The molecule has 0 spiro atoms. The van der Waals surface area contributed by atoms with Gasteiger partial charge in [-0.15, -0.1) is 0 Å². The number of aromatic nitrogens is 1. The smallest absolute Gasteiger partial charge is 0.333 e. The summed E-state index contributed by atoms with van der Waals surface area (Å²) >= 11 is 0. The lowest BCUT2D eigenvalue weighted by atomic mass is 9.43. The van der Waals surface area contributed by atoms with Gasteiger partial charge in [-0.25, -0.2) is 0 Å². The Morgan fingerprint density at radius 1 is 0.538 bits per heavy atom. The summed E-state index contributed by atoms with van der Waals surface area (Å²) in [5.41, 5.74) is 17.1. The Bertz CT molecular complexity index is 2780. The van der Waals surface area contributed by atoms with Crippen LogP contribution in [0.25, 0.3) is 54.9 Å². The van der Waals surface area contributed by atoms with Crippen molar-refractivity contribution in [2.24, 2.45) is 0 Å². The molecular formula is C48H45BN2O. The van der Waals surface area contributed by atoms with E-state index in [-0.39, 0.29) is 23.1 Å². The van der Waals surface area contributed by atoms with Gasteiger partial charge in [-0.1, -0.05) is 135 Å². The van der Waals surface area contributed by atoms with Crippen LogP contribution in [0.3, 0.4) is 0 Å². The van der Waals surface area contributed by atoms with Crippen LogP contribution < -0.4 is 15.8 Å². The van der Waals surface area contributed by atoms with E-state index in [0.29, 0.717) is 0 Å². The Morgan fingerprint density at radius 3 is 1.90 bits per heavy atom. The molecule has 4 heterocycles. The molecule has 3 nitrogen and oxygen atoms in total. The van der Waals surface area contributed by atoms with E-state index < -0.39 is 0 Å². The molecule has 0 saturated carbocycles. The zero-order valence-corrected chi connectivity index (χ0v) is 31.8. The highest BCUT2D eigenvalue weighted by molar-refractivity contribution is 6.90. The molecule has 0 fully saturated rings. The molecule has 0 saturated heterocycles. The largest absolute Gasteiger partial charge is 0.454 e. The van der Waals surface area contributed by atoms with Crippen molar-refractivity contribution in [3.8, 4) is 11.1 Å². The van der Waals surface area contributed by atoms with Crippen LogP contribution in [0.4, 0.5) is 17.1 Å². The Morgan fingerprint density at radius 2 is 1.19 bits per heavy atom. The maximum atomic E-state index is 7.06. The third-order valence-corrected chi connectivity index (χ3v) is 11.8. The number of hydrogen-bond acceptors (Lipinski definition) is 2. The van der Waals surface area contributed by atoms with Gasteiger partial charge in [0.1, 0.15) is 5.58 Å². The molecule has 10 rings (SSSR count). The molecule has 2 aromatic heterocycles. The van der Waals surface area contributed by atoms with Crippen molar-refractivity contribution in [3.05, 3.63) is 126 Å². The molecule has 52 heavy (non-hydrogen) atoms. The molecule has 0 amide bonds. The van der Waals surface area contributed by atoms with Gasteiger partial charge < -0.3 is 13.8 Å². The second-order valence-electron chi connectivity index (χ2n) is 18.2. The molecule has 256 valence electrons. The predicted molar refractivity (Wildman–Crippen MR) is 223 cm³/mol. The van der Waals surface area contributed by atoms with Gasteiger partial charge in [0.2, 0.25) is 0 Å². The summed E-state index contributed by atoms with van der Waals surface area (Å²) in [4.78, 5) is 2.58. The Labute approximate surface area is 307 Å². The van der Waals surface area contributed by atoms with E-state index in [4.69, 9.17) is 4.42 Å². The van der Waals surface area contributed by atoms with E-state index in [1.807, 2.05) is 0 Å². The maximum Gasteiger partial charge on any atom is 0.333 e. The highest BCUT2D eigenvalue weighted by Crippen LogP contribution is 2.51. The fourth-order valence-electron chi connectivity index (χ4n) is 9.20. The van der Waals surface area contributed by atoms with Crippen LogP contribution >= 0.6 is 0 Å². The number of rotatable bonds is 1. The van der Waals surface area contributed by atoms with E-state index >= 15 is 0 Å². The summed E-state index contributed by atoms with van der Waals surface area (Å²) in [5.74, 6) is 0. The molecule has 6 aromatic carbocycles. The number of hydrogen-bond donors (Lipinski definition) is 0. The molecule has 0 N–H and O–H groups in total. The fourth-order valence-corrected chi connectivity index (χ4v) is 9.20. The minimum atomic E-state index is -0.0962. The zero-order valence-electron chi connectivity index (χ0n) is 31.8.